The molecule has 0 aliphatic carbocycles. The van der Waals surface area contributed by atoms with E-state index in [0.29, 0.717) is 23.7 Å². The molecule has 1 fully saturated rings. The van der Waals surface area contributed by atoms with Crippen LogP contribution in [0.15, 0.2) is 54.6 Å². The standard InChI is InChI=1S/C21H23ClN2O3/c22-18-8-6-17(7-9-18)20(25)14-19(21(26)27)24-12-10-23(11-13-24)15-16-4-2-1-3-5-16/h1-9,19H,10-15H2,(H,26,27). The second-order valence-corrected chi connectivity index (χ2v) is 7.22. The van der Waals surface area contributed by atoms with E-state index in [2.05, 4.69) is 17.0 Å². The Balaban J connectivity index is 1.57. The van der Waals surface area contributed by atoms with Gasteiger partial charge in [0, 0.05) is 49.7 Å². The predicted molar refractivity (Wildman–Crippen MR) is 105 cm³/mol. The van der Waals surface area contributed by atoms with Crippen LogP contribution in [0.3, 0.4) is 0 Å². The van der Waals surface area contributed by atoms with E-state index in [0.717, 1.165) is 19.6 Å². The van der Waals surface area contributed by atoms with E-state index in [9.17, 15) is 14.7 Å². The van der Waals surface area contributed by atoms with Gasteiger partial charge in [-0.15, -0.1) is 0 Å². The normalized spacial score (nSPS) is 16.8. The van der Waals surface area contributed by atoms with Gasteiger partial charge in [-0.1, -0.05) is 41.9 Å². The number of hydrogen-bond donors (Lipinski definition) is 1. The van der Waals surface area contributed by atoms with E-state index in [4.69, 9.17) is 11.6 Å². The van der Waals surface area contributed by atoms with Crippen molar-refractivity contribution < 1.29 is 14.7 Å². The van der Waals surface area contributed by atoms with Crippen molar-refractivity contribution in [2.45, 2.75) is 19.0 Å². The molecular weight excluding hydrogens is 364 g/mol. The number of hydrogen-bond acceptors (Lipinski definition) is 4. The quantitative estimate of drug-likeness (QED) is 0.740. The Kier molecular flexibility index (Phi) is 6.61. The number of carbonyl (C=O) groups excluding carboxylic acids is 1. The Labute approximate surface area is 164 Å². The van der Waals surface area contributed by atoms with Crippen molar-refractivity contribution in [1.82, 2.24) is 9.80 Å². The van der Waals surface area contributed by atoms with E-state index in [1.54, 1.807) is 24.3 Å². The van der Waals surface area contributed by atoms with Gasteiger partial charge in [0.1, 0.15) is 6.04 Å². The molecule has 0 saturated carbocycles. The number of nitrogens with zero attached hydrogens (tertiary/aromatic N) is 2. The minimum absolute atomic E-state index is 0.0321. The predicted octanol–water partition coefficient (Wildman–Crippen LogP) is 3.18. The molecule has 1 unspecified atom stereocenters. The molecule has 5 nitrogen and oxygen atoms in total. The lowest BCUT2D eigenvalue weighted by atomic mass is 10.0. The molecule has 0 spiro atoms. The van der Waals surface area contributed by atoms with Gasteiger partial charge < -0.3 is 5.11 Å². The smallest absolute Gasteiger partial charge is 0.321 e. The van der Waals surface area contributed by atoms with Gasteiger partial charge in [-0.2, -0.15) is 0 Å². The van der Waals surface area contributed by atoms with Gasteiger partial charge in [-0.25, -0.2) is 0 Å². The number of ketones is 1. The van der Waals surface area contributed by atoms with Gasteiger partial charge in [-0.3, -0.25) is 19.4 Å². The first-order valence-electron chi connectivity index (χ1n) is 9.05. The number of aliphatic carboxylic acids is 1. The summed E-state index contributed by atoms with van der Waals surface area (Å²) in [7, 11) is 0. The second kappa shape index (κ2) is 9.13. The summed E-state index contributed by atoms with van der Waals surface area (Å²) < 4.78 is 0. The van der Waals surface area contributed by atoms with Gasteiger partial charge >= 0.3 is 5.97 Å². The molecule has 0 amide bonds. The fourth-order valence-electron chi connectivity index (χ4n) is 3.38. The van der Waals surface area contributed by atoms with Crippen LogP contribution in [-0.2, 0) is 11.3 Å². The number of piperazine rings is 1. The Hall–Kier alpha value is -2.21. The van der Waals surface area contributed by atoms with E-state index < -0.39 is 12.0 Å². The lowest BCUT2D eigenvalue weighted by Crippen LogP contribution is -2.52. The molecule has 3 rings (SSSR count). The Morgan fingerprint density at radius 1 is 0.963 bits per heavy atom. The van der Waals surface area contributed by atoms with Crippen LogP contribution in [0, 0.1) is 0 Å². The minimum Gasteiger partial charge on any atom is -0.480 e. The first kappa shape index (κ1) is 19.5. The van der Waals surface area contributed by atoms with Gasteiger partial charge in [-0.05, 0) is 29.8 Å². The summed E-state index contributed by atoms with van der Waals surface area (Å²) >= 11 is 5.85. The number of carboxylic acid groups (broad SMARTS) is 1. The first-order valence-corrected chi connectivity index (χ1v) is 9.42. The largest absolute Gasteiger partial charge is 0.480 e. The SMILES string of the molecule is O=C(CC(C(=O)O)N1CCN(Cc2ccccc2)CC1)c1ccc(Cl)cc1. The number of benzene rings is 2. The van der Waals surface area contributed by atoms with Crippen molar-refractivity contribution in [1.29, 1.82) is 0 Å². The highest BCUT2D eigenvalue weighted by Crippen LogP contribution is 2.17. The van der Waals surface area contributed by atoms with Crippen LogP contribution in [0.5, 0.6) is 0 Å². The van der Waals surface area contributed by atoms with Crippen molar-refractivity contribution in [2.24, 2.45) is 0 Å². The molecule has 2 aromatic rings. The van der Waals surface area contributed by atoms with Crippen molar-refractivity contribution >= 4 is 23.4 Å². The van der Waals surface area contributed by atoms with Crippen LogP contribution >= 0.6 is 11.6 Å². The van der Waals surface area contributed by atoms with Crippen molar-refractivity contribution in [3.63, 3.8) is 0 Å². The number of rotatable bonds is 7. The van der Waals surface area contributed by atoms with Gasteiger partial charge in [0.2, 0.25) is 0 Å². The Morgan fingerprint density at radius 2 is 1.59 bits per heavy atom. The van der Waals surface area contributed by atoms with Crippen molar-refractivity contribution in [3.05, 3.63) is 70.7 Å². The summed E-state index contributed by atoms with van der Waals surface area (Å²) in [4.78, 5) is 28.5. The molecule has 0 bridgehead atoms. The summed E-state index contributed by atoms with van der Waals surface area (Å²) in [6, 6.07) is 16.0. The lowest BCUT2D eigenvalue weighted by Gasteiger charge is -2.37. The molecule has 0 aromatic heterocycles. The van der Waals surface area contributed by atoms with E-state index >= 15 is 0 Å². The average Bonchev–Trinajstić information content (AvgIpc) is 2.68. The number of halogens is 1. The van der Waals surface area contributed by atoms with Crippen LogP contribution in [0.2, 0.25) is 5.02 Å². The second-order valence-electron chi connectivity index (χ2n) is 6.79. The van der Waals surface area contributed by atoms with Crippen LogP contribution in [0.1, 0.15) is 22.3 Å². The minimum atomic E-state index is -0.950. The van der Waals surface area contributed by atoms with E-state index in [1.807, 2.05) is 23.1 Å². The van der Waals surface area contributed by atoms with Gasteiger partial charge in [0.15, 0.2) is 5.78 Å². The van der Waals surface area contributed by atoms with E-state index in [1.165, 1.54) is 5.56 Å². The van der Waals surface area contributed by atoms with Crippen molar-refractivity contribution in [3.8, 4) is 0 Å². The number of Topliss-reactive ketones (excluding diaryl/α,β-unsaturated/α-hetero) is 1. The fraction of sp³-hybridized carbons (Fsp3) is 0.333. The summed E-state index contributed by atoms with van der Waals surface area (Å²) in [6.07, 6.45) is -0.0321. The summed E-state index contributed by atoms with van der Waals surface area (Å²) in [5.74, 6) is -1.13. The summed E-state index contributed by atoms with van der Waals surface area (Å²) in [6.45, 7) is 3.70. The zero-order chi connectivity index (χ0) is 19.2. The zero-order valence-electron chi connectivity index (χ0n) is 15.1. The maximum absolute atomic E-state index is 12.5. The monoisotopic (exact) mass is 386 g/mol. The number of carbonyl (C=O) groups is 2. The molecule has 27 heavy (non-hydrogen) atoms. The third-order valence-corrected chi connectivity index (χ3v) is 5.18. The molecule has 1 N–H and O–H groups in total. The highest BCUT2D eigenvalue weighted by molar-refractivity contribution is 6.30. The Bertz CT molecular complexity index is 772. The summed E-state index contributed by atoms with van der Waals surface area (Å²) in [5, 5.41) is 10.2. The van der Waals surface area contributed by atoms with Crippen LogP contribution in [0.4, 0.5) is 0 Å². The lowest BCUT2D eigenvalue weighted by molar-refractivity contribution is -0.144. The van der Waals surface area contributed by atoms with Crippen molar-refractivity contribution in [2.75, 3.05) is 26.2 Å². The maximum atomic E-state index is 12.5. The molecule has 1 aliphatic heterocycles. The highest BCUT2D eigenvalue weighted by atomic mass is 35.5. The molecule has 6 heteroatoms. The average molecular weight is 387 g/mol. The molecule has 1 heterocycles. The zero-order valence-corrected chi connectivity index (χ0v) is 15.8. The molecule has 0 radical (unpaired) electrons. The maximum Gasteiger partial charge on any atom is 0.321 e. The van der Waals surface area contributed by atoms with Crippen LogP contribution in [0.25, 0.3) is 0 Å². The molecule has 1 aliphatic rings. The van der Waals surface area contributed by atoms with Crippen LogP contribution in [-0.4, -0.2) is 58.9 Å². The molecule has 1 atom stereocenters. The topological polar surface area (TPSA) is 60.9 Å². The number of carboxylic acids is 1. The molecule has 142 valence electrons. The highest BCUT2D eigenvalue weighted by Gasteiger charge is 2.31. The third-order valence-electron chi connectivity index (χ3n) is 4.93. The molecular formula is C21H23ClN2O3. The van der Waals surface area contributed by atoms with Gasteiger partial charge in [0.25, 0.3) is 0 Å². The molecule has 2 aromatic carbocycles. The van der Waals surface area contributed by atoms with E-state index in [-0.39, 0.29) is 12.2 Å². The Morgan fingerprint density at radius 3 is 2.19 bits per heavy atom. The summed E-state index contributed by atoms with van der Waals surface area (Å²) in [5.41, 5.74) is 1.74. The van der Waals surface area contributed by atoms with Crippen LogP contribution < -0.4 is 0 Å². The third kappa shape index (κ3) is 5.39. The first-order chi connectivity index (χ1) is 13.0. The molecule has 1 saturated heterocycles. The van der Waals surface area contributed by atoms with Gasteiger partial charge in [0.05, 0.1) is 0 Å². The fourth-order valence-corrected chi connectivity index (χ4v) is 3.50.